The largest absolute Gasteiger partial charge is 0.462 e. The molecule has 0 radical (unpaired) electrons. The number of Topliss-reactive ketones (excluding diaryl/α,β-unsaturated/α-hetero) is 1. The predicted octanol–water partition coefficient (Wildman–Crippen LogP) is 3.32. The highest BCUT2D eigenvalue weighted by Crippen LogP contribution is 2.71. The van der Waals surface area contributed by atoms with Crippen molar-refractivity contribution in [3.8, 4) is 0 Å². The second-order valence-electron chi connectivity index (χ2n) is 12.4. The van der Waals surface area contributed by atoms with Crippen LogP contribution in [0.3, 0.4) is 0 Å². The maximum atomic E-state index is 13.7. The van der Waals surface area contributed by atoms with E-state index in [0.29, 0.717) is 12.0 Å². The number of carbonyl (C=O) groups is 5. The van der Waals surface area contributed by atoms with Crippen LogP contribution in [-0.2, 0) is 42.9 Å². The first-order valence-corrected chi connectivity index (χ1v) is 12.9. The van der Waals surface area contributed by atoms with Crippen molar-refractivity contribution in [1.29, 1.82) is 0 Å². The van der Waals surface area contributed by atoms with E-state index >= 15 is 0 Å². The summed E-state index contributed by atoms with van der Waals surface area (Å²) in [4.78, 5) is 64.8. The molecule has 204 valence electrons. The lowest BCUT2D eigenvalue weighted by Gasteiger charge is -2.68. The van der Waals surface area contributed by atoms with Gasteiger partial charge in [0.2, 0.25) is 0 Å². The number of ketones is 1. The Hall–Kier alpha value is -2.71. The van der Waals surface area contributed by atoms with E-state index < -0.39 is 81.8 Å². The molecule has 2 heterocycles. The maximum absolute atomic E-state index is 13.7. The van der Waals surface area contributed by atoms with E-state index in [0.717, 1.165) is 0 Å². The SMILES string of the molecule is C=C1CC2C3(C)C(OC(C)=O)CC(=O)OC(C)(C)C3CC(OC(C)=O)C2(C)C2C(=O)OC(C)C(=O)C12C. The first kappa shape index (κ1) is 27.3. The maximum Gasteiger partial charge on any atom is 0.311 e. The van der Waals surface area contributed by atoms with Gasteiger partial charge in [-0.3, -0.25) is 24.0 Å². The highest BCUT2D eigenvalue weighted by atomic mass is 16.6. The molecule has 9 unspecified atom stereocenters. The average molecular weight is 519 g/mol. The Bertz CT molecular complexity index is 1090. The summed E-state index contributed by atoms with van der Waals surface area (Å²) in [5, 5.41) is 0. The molecule has 0 aromatic heterocycles. The van der Waals surface area contributed by atoms with Gasteiger partial charge in [-0.05, 0) is 46.5 Å². The van der Waals surface area contributed by atoms with Crippen LogP contribution in [0.25, 0.3) is 0 Å². The average Bonchev–Trinajstić information content (AvgIpc) is 2.80. The number of allylic oxidation sites excluding steroid dienone is 1. The number of hydrogen-bond donors (Lipinski definition) is 0. The van der Waals surface area contributed by atoms with Crippen molar-refractivity contribution in [2.24, 2.45) is 34.0 Å². The van der Waals surface area contributed by atoms with Crippen LogP contribution in [-0.4, -0.2) is 53.6 Å². The van der Waals surface area contributed by atoms with Crippen LogP contribution in [0.4, 0.5) is 0 Å². The van der Waals surface area contributed by atoms with Gasteiger partial charge in [0.05, 0.1) is 17.8 Å². The smallest absolute Gasteiger partial charge is 0.311 e. The molecule has 4 aliphatic rings. The van der Waals surface area contributed by atoms with Gasteiger partial charge < -0.3 is 18.9 Å². The Morgan fingerprint density at radius 1 is 0.892 bits per heavy atom. The van der Waals surface area contributed by atoms with E-state index in [9.17, 15) is 24.0 Å². The highest BCUT2D eigenvalue weighted by molar-refractivity contribution is 6.00. The summed E-state index contributed by atoms with van der Waals surface area (Å²) in [5.74, 6) is -4.23. The minimum absolute atomic E-state index is 0.157. The van der Waals surface area contributed by atoms with Crippen LogP contribution in [0.2, 0.25) is 0 Å². The monoisotopic (exact) mass is 518 g/mol. The molecule has 4 fully saturated rings. The molecule has 4 rings (SSSR count). The Morgan fingerprint density at radius 2 is 1.46 bits per heavy atom. The fourth-order valence-corrected chi connectivity index (χ4v) is 8.50. The highest BCUT2D eigenvalue weighted by Gasteiger charge is 2.75. The number of rotatable bonds is 2. The van der Waals surface area contributed by atoms with Crippen molar-refractivity contribution >= 4 is 29.7 Å². The molecular weight excluding hydrogens is 480 g/mol. The van der Waals surface area contributed by atoms with Crippen LogP contribution >= 0.6 is 0 Å². The van der Waals surface area contributed by atoms with Crippen LogP contribution in [0, 0.1) is 34.0 Å². The molecule has 0 N–H and O–H groups in total. The van der Waals surface area contributed by atoms with E-state index in [-0.39, 0.29) is 18.6 Å². The van der Waals surface area contributed by atoms with Crippen LogP contribution < -0.4 is 0 Å². The van der Waals surface area contributed by atoms with E-state index in [1.807, 2.05) is 13.8 Å². The lowest BCUT2D eigenvalue weighted by molar-refractivity contribution is -0.257. The third kappa shape index (κ3) is 3.67. The minimum Gasteiger partial charge on any atom is -0.462 e. The molecule has 0 amide bonds. The molecule has 2 saturated heterocycles. The van der Waals surface area contributed by atoms with Crippen molar-refractivity contribution in [3.05, 3.63) is 12.2 Å². The number of carbonyl (C=O) groups excluding carboxylic acids is 5. The quantitative estimate of drug-likeness (QED) is 0.308. The first-order valence-electron chi connectivity index (χ1n) is 12.9. The summed E-state index contributed by atoms with van der Waals surface area (Å²) in [6.45, 7) is 17.6. The number of ether oxygens (including phenoxy) is 4. The Balaban J connectivity index is 2.01. The zero-order valence-corrected chi connectivity index (χ0v) is 23.0. The normalized spacial score (nSPS) is 44.8. The van der Waals surface area contributed by atoms with Crippen molar-refractivity contribution in [2.75, 3.05) is 0 Å². The van der Waals surface area contributed by atoms with Crippen molar-refractivity contribution < 1.29 is 42.9 Å². The number of fused-ring (bicyclic) bond motifs is 5. The number of esters is 4. The van der Waals surface area contributed by atoms with Gasteiger partial charge in [0.1, 0.15) is 17.8 Å². The topological polar surface area (TPSA) is 122 Å². The third-order valence-corrected chi connectivity index (χ3v) is 10.1. The van der Waals surface area contributed by atoms with E-state index in [4.69, 9.17) is 18.9 Å². The predicted molar refractivity (Wildman–Crippen MR) is 130 cm³/mol. The standard InChI is InChI=1S/C28H38O9/c1-13-10-18-27(8)17(25(5,6)37-21(31)12-20(27)36-16(4)30)11-19(35-15(3)29)28(18,9)22-24(33)34-14(2)23(32)26(13,22)7/h14,17-20,22H,1,10-12H2,2-9H3. The second-order valence-corrected chi connectivity index (χ2v) is 12.4. The molecule has 9 atom stereocenters. The third-order valence-electron chi connectivity index (χ3n) is 10.1. The fraction of sp³-hybridized carbons (Fsp3) is 0.750. The van der Waals surface area contributed by atoms with E-state index in [1.165, 1.54) is 13.8 Å². The summed E-state index contributed by atoms with van der Waals surface area (Å²) in [6, 6.07) is 0. The van der Waals surface area contributed by atoms with Crippen molar-refractivity contribution in [1.82, 2.24) is 0 Å². The Kier molecular flexibility index (Phi) is 6.20. The zero-order chi connectivity index (χ0) is 27.9. The van der Waals surface area contributed by atoms with Gasteiger partial charge >= 0.3 is 23.9 Å². The van der Waals surface area contributed by atoms with Gasteiger partial charge in [0, 0.05) is 30.6 Å². The molecule has 37 heavy (non-hydrogen) atoms. The summed E-state index contributed by atoms with van der Waals surface area (Å²) in [7, 11) is 0. The second kappa shape index (κ2) is 8.40. The summed E-state index contributed by atoms with van der Waals surface area (Å²) in [5.41, 5.74) is -3.65. The van der Waals surface area contributed by atoms with Gasteiger partial charge in [0.25, 0.3) is 0 Å². The van der Waals surface area contributed by atoms with Gasteiger partial charge in [-0.25, -0.2) is 0 Å². The summed E-state index contributed by atoms with van der Waals surface area (Å²) >= 11 is 0. The van der Waals surface area contributed by atoms with Crippen molar-refractivity contribution in [2.45, 2.75) is 98.6 Å². The molecule has 2 saturated carbocycles. The molecule has 0 aromatic carbocycles. The van der Waals surface area contributed by atoms with Gasteiger partial charge in [-0.15, -0.1) is 0 Å². The molecule has 9 heteroatoms. The van der Waals surface area contributed by atoms with Gasteiger partial charge in [-0.2, -0.15) is 0 Å². The Morgan fingerprint density at radius 3 is 2.03 bits per heavy atom. The molecular formula is C28H38O9. The lowest BCUT2D eigenvalue weighted by atomic mass is 9.36. The summed E-state index contributed by atoms with van der Waals surface area (Å²) in [6.07, 6.45) is -2.21. The fourth-order valence-electron chi connectivity index (χ4n) is 8.50. The first-order chi connectivity index (χ1) is 16.9. The molecule has 9 nitrogen and oxygen atoms in total. The zero-order valence-electron chi connectivity index (χ0n) is 23.0. The van der Waals surface area contributed by atoms with Crippen LogP contribution in [0.15, 0.2) is 12.2 Å². The van der Waals surface area contributed by atoms with Crippen molar-refractivity contribution in [3.63, 3.8) is 0 Å². The summed E-state index contributed by atoms with van der Waals surface area (Å²) < 4.78 is 23.2. The molecule has 0 spiro atoms. The van der Waals surface area contributed by atoms with Crippen LogP contribution in [0.1, 0.15) is 74.7 Å². The number of hydrogen-bond acceptors (Lipinski definition) is 9. The molecule has 0 bridgehead atoms. The van der Waals surface area contributed by atoms with Crippen LogP contribution in [0.5, 0.6) is 0 Å². The molecule has 2 aliphatic carbocycles. The van der Waals surface area contributed by atoms with Gasteiger partial charge in [-0.1, -0.05) is 26.0 Å². The number of cyclic esters (lactones) is 2. The molecule has 2 aliphatic heterocycles. The van der Waals surface area contributed by atoms with E-state index in [2.05, 4.69) is 6.58 Å². The Labute approximate surface area is 217 Å². The molecule has 0 aromatic rings. The minimum atomic E-state index is -1.23. The lowest BCUT2D eigenvalue weighted by Crippen LogP contribution is -2.72. The van der Waals surface area contributed by atoms with Gasteiger partial charge in [0.15, 0.2) is 11.9 Å². The van der Waals surface area contributed by atoms with E-state index in [1.54, 1.807) is 27.7 Å².